The van der Waals surface area contributed by atoms with Crippen LogP contribution in [-0.4, -0.2) is 18.5 Å². The number of esters is 1. The third-order valence-corrected chi connectivity index (χ3v) is 2.03. The predicted octanol–water partition coefficient (Wildman–Crippen LogP) is 2.85. The van der Waals surface area contributed by atoms with Crippen molar-refractivity contribution in [2.45, 2.75) is 32.1 Å². The van der Waals surface area contributed by atoms with Crippen LogP contribution in [-0.2, 0) is 9.53 Å². The van der Waals surface area contributed by atoms with Crippen molar-refractivity contribution in [1.82, 2.24) is 0 Å². The molecular weight excluding hydrogens is 202 g/mol. The van der Waals surface area contributed by atoms with Crippen LogP contribution >= 0.6 is 0 Å². The summed E-state index contributed by atoms with van der Waals surface area (Å²) < 4.78 is 30.2. The van der Waals surface area contributed by atoms with Gasteiger partial charge in [-0.2, -0.15) is 0 Å². The molecule has 0 atom stereocenters. The minimum absolute atomic E-state index is 0.0887. The van der Waals surface area contributed by atoms with Gasteiger partial charge in [-0.1, -0.05) is 19.1 Å². The molecule has 0 fully saturated rings. The van der Waals surface area contributed by atoms with Crippen LogP contribution < -0.4 is 0 Å². The second-order valence-electron chi connectivity index (χ2n) is 3.49. The molecule has 0 bridgehead atoms. The predicted molar refractivity (Wildman–Crippen MR) is 52.7 cm³/mol. The Kier molecular flexibility index (Phi) is 4.00. The van der Waals surface area contributed by atoms with Crippen LogP contribution in [0.4, 0.5) is 8.78 Å². The van der Waals surface area contributed by atoms with Crippen molar-refractivity contribution < 1.29 is 18.3 Å². The molecule has 1 aliphatic rings. The molecule has 0 amide bonds. The molecule has 2 nitrogen and oxygen atoms in total. The zero-order chi connectivity index (χ0) is 11.3. The second-order valence-corrected chi connectivity index (χ2v) is 3.49. The largest absolute Gasteiger partial charge is 0.461 e. The van der Waals surface area contributed by atoms with Crippen molar-refractivity contribution in [3.8, 4) is 0 Å². The van der Waals surface area contributed by atoms with E-state index in [0.717, 1.165) is 12.5 Å². The van der Waals surface area contributed by atoms with Gasteiger partial charge in [0.05, 0.1) is 0 Å². The van der Waals surface area contributed by atoms with E-state index in [1.807, 2.05) is 6.92 Å². The lowest BCUT2D eigenvalue weighted by Crippen LogP contribution is -2.15. The van der Waals surface area contributed by atoms with E-state index in [1.165, 1.54) is 12.2 Å². The van der Waals surface area contributed by atoms with Gasteiger partial charge < -0.3 is 4.74 Å². The van der Waals surface area contributed by atoms with E-state index < -0.39 is 5.92 Å². The summed E-state index contributed by atoms with van der Waals surface area (Å²) in [5.74, 6) is -3.04. The van der Waals surface area contributed by atoms with Crippen molar-refractivity contribution in [2.75, 3.05) is 6.61 Å². The molecule has 0 aliphatic heterocycles. The number of rotatable bonds is 4. The van der Waals surface area contributed by atoms with E-state index in [-0.39, 0.29) is 19.0 Å². The summed E-state index contributed by atoms with van der Waals surface area (Å²) in [5, 5.41) is 0. The molecule has 84 valence electrons. The monoisotopic (exact) mass is 216 g/mol. The number of hydrogen-bond donors (Lipinski definition) is 0. The van der Waals surface area contributed by atoms with Crippen LogP contribution in [0.3, 0.4) is 0 Å². The van der Waals surface area contributed by atoms with E-state index in [2.05, 4.69) is 0 Å². The van der Waals surface area contributed by atoms with E-state index in [1.54, 1.807) is 0 Å². The van der Waals surface area contributed by atoms with Crippen molar-refractivity contribution in [3.05, 3.63) is 23.8 Å². The summed E-state index contributed by atoms with van der Waals surface area (Å²) in [4.78, 5) is 11.0. The zero-order valence-electron chi connectivity index (χ0n) is 8.63. The highest BCUT2D eigenvalue weighted by Gasteiger charge is 2.26. The van der Waals surface area contributed by atoms with Crippen LogP contribution in [0.15, 0.2) is 23.8 Å². The van der Waals surface area contributed by atoms with Crippen molar-refractivity contribution >= 4 is 5.97 Å². The Morgan fingerprint density at radius 2 is 2.33 bits per heavy atom. The maximum Gasteiger partial charge on any atom is 0.306 e. The van der Waals surface area contributed by atoms with Gasteiger partial charge in [-0.3, -0.25) is 4.79 Å². The van der Waals surface area contributed by atoms with Crippen LogP contribution in [0.5, 0.6) is 0 Å². The van der Waals surface area contributed by atoms with Gasteiger partial charge in [0.25, 0.3) is 5.92 Å². The lowest BCUT2D eigenvalue weighted by molar-refractivity contribution is -0.142. The zero-order valence-corrected chi connectivity index (χ0v) is 8.63. The van der Waals surface area contributed by atoms with Gasteiger partial charge in [-0.25, -0.2) is 8.78 Å². The fraction of sp³-hybridized carbons (Fsp3) is 0.545. The summed E-state index contributed by atoms with van der Waals surface area (Å²) in [7, 11) is 0. The smallest absolute Gasteiger partial charge is 0.306 e. The van der Waals surface area contributed by atoms with E-state index in [9.17, 15) is 13.6 Å². The van der Waals surface area contributed by atoms with Crippen molar-refractivity contribution in [2.24, 2.45) is 0 Å². The Labute approximate surface area is 87.6 Å². The maximum absolute atomic E-state index is 12.7. The van der Waals surface area contributed by atoms with Crippen molar-refractivity contribution in [1.29, 1.82) is 0 Å². The Balaban J connectivity index is 2.33. The summed E-state index contributed by atoms with van der Waals surface area (Å²) in [6.07, 6.45) is 4.33. The highest BCUT2D eigenvalue weighted by atomic mass is 19.3. The summed E-state index contributed by atoms with van der Waals surface area (Å²) in [5.41, 5.74) is 0.630. The summed E-state index contributed by atoms with van der Waals surface area (Å²) in [6.45, 7) is 1.97. The molecule has 0 aromatic heterocycles. The fourth-order valence-electron chi connectivity index (χ4n) is 1.18. The Morgan fingerprint density at radius 3 is 2.87 bits per heavy atom. The van der Waals surface area contributed by atoms with E-state index in [0.29, 0.717) is 12.0 Å². The topological polar surface area (TPSA) is 26.3 Å². The van der Waals surface area contributed by atoms with E-state index in [4.69, 9.17) is 4.74 Å². The molecule has 15 heavy (non-hydrogen) atoms. The number of carbonyl (C=O) groups excluding carboxylic acids is 1. The van der Waals surface area contributed by atoms with Crippen LogP contribution in [0, 0.1) is 0 Å². The number of carbonyl (C=O) groups is 1. The van der Waals surface area contributed by atoms with Gasteiger partial charge in [0.2, 0.25) is 0 Å². The molecule has 0 saturated heterocycles. The quantitative estimate of drug-likeness (QED) is 0.675. The maximum atomic E-state index is 12.7. The summed E-state index contributed by atoms with van der Waals surface area (Å²) >= 11 is 0. The minimum Gasteiger partial charge on any atom is -0.461 e. The first-order valence-corrected chi connectivity index (χ1v) is 4.95. The first-order valence-electron chi connectivity index (χ1n) is 4.95. The fourth-order valence-corrected chi connectivity index (χ4v) is 1.18. The van der Waals surface area contributed by atoms with Crippen LogP contribution in [0.1, 0.15) is 26.2 Å². The van der Waals surface area contributed by atoms with Gasteiger partial charge in [0, 0.05) is 12.8 Å². The normalized spacial score (nSPS) is 18.5. The molecule has 0 heterocycles. The van der Waals surface area contributed by atoms with Crippen molar-refractivity contribution in [3.63, 3.8) is 0 Å². The molecule has 0 aromatic carbocycles. The average molecular weight is 216 g/mol. The highest BCUT2D eigenvalue weighted by Crippen LogP contribution is 2.26. The molecule has 0 N–H and O–H groups in total. The van der Waals surface area contributed by atoms with Gasteiger partial charge in [0.15, 0.2) is 0 Å². The van der Waals surface area contributed by atoms with E-state index >= 15 is 0 Å². The van der Waals surface area contributed by atoms with Crippen LogP contribution in [0.25, 0.3) is 0 Å². The number of hydrogen-bond acceptors (Lipinski definition) is 2. The van der Waals surface area contributed by atoms with Gasteiger partial charge in [0.1, 0.15) is 6.61 Å². The minimum atomic E-state index is -2.75. The van der Waals surface area contributed by atoms with Gasteiger partial charge in [-0.05, 0) is 18.1 Å². The Bertz CT molecular complexity index is 293. The highest BCUT2D eigenvalue weighted by molar-refractivity contribution is 5.69. The molecule has 0 spiro atoms. The first kappa shape index (κ1) is 11.9. The third-order valence-electron chi connectivity index (χ3n) is 2.03. The third kappa shape index (κ3) is 4.23. The summed E-state index contributed by atoms with van der Waals surface area (Å²) in [6, 6.07) is 0. The number of alkyl halides is 2. The Morgan fingerprint density at radius 1 is 1.60 bits per heavy atom. The standard InChI is InChI=1S/C11H14F2O2/c1-2-3-10(14)15-8-9-4-6-11(12,13)7-5-9/h4-6H,2-3,7-8H2,1H3. The molecule has 0 saturated carbocycles. The number of ether oxygens (including phenoxy) is 1. The van der Waals surface area contributed by atoms with Crippen LogP contribution in [0.2, 0.25) is 0 Å². The lowest BCUT2D eigenvalue weighted by atomic mass is 10.1. The molecule has 0 radical (unpaired) electrons. The molecule has 1 rings (SSSR count). The number of allylic oxidation sites excluding steroid dienone is 2. The van der Waals surface area contributed by atoms with Gasteiger partial charge in [-0.15, -0.1) is 0 Å². The molecule has 1 aliphatic carbocycles. The Hall–Kier alpha value is -1.19. The molecular formula is C11H14F2O2. The molecule has 4 heteroatoms. The average Bonchev–Trinajstić information content (AvgIpc) is 2.17. The first-order chi connectivity index (χ1) is 7.03. The second kappa shape index (κ2) is 5.05. The van der Waals surface area contributed by atoms with Gasteiger partial charge >= 0.3 is 5.97 Å². The molecule has 0 aromatic rings. The molecule has 0 unspecified atom stereocenters. The number of halogens is 2. The SMILES string of the molecule is CCCC(=O)OCC1=CCC(F)(F)C=C1. The lowest BCUT2D eigenvalue weighted by Gasteiger charge is -2.15.